The van der Waals surface area contributed by atoms with Gasteiger partial charge in [0.1, 0.15) is 5.82 Å². The molecule has 0 bridgehead atoms. The van der Waals surface area contributed by atoms with E-state index in [4.69, 9.17) is 16.6 Å². The molecule has 1 atom stereocenters. The van der Waals surface area contributed by atoms with Gasteiger partial charge in [-0.2, -0.15) is 0 Å². The number of aromatic nitrogens is 2. The van der Waals surface area contributed by atoms with Crippen LogP contribution in [0.25, 0.3) is 0 Å². The quantitative estimate of drug-likeness (QED) is 0.604. The molecule has 1 rings (SSSR count). The largest absolute Gasteiger partial charge is 0.476 e. The number of aromatic carboxylic acids is 1. The third-order valence-corrected chi connectivity index (χ3v) is 1.82. The molecular weight excluding hydrogens is 210 g/mol. The molecule has 0 radical (unpaired) electrons. The summed E-state index contributed by atoms with van der Waals surface area (Å²) in [4.78, 5) is 10.5. The van der Waals surface area contributed by atoms with Gasteiger partial charge in [0, 0.05) is 6.42 Å². The van der Waals surface area contributed by atoms with Crippen LogP contribution in [0.1, 0.15) is 16.9 Å². The highest BCUT2D eigenvalue weighted by molar-refractivity contribution is 5.85. The summed E-state index contributed by atoms with van der Waals surface area (Å²) in [6.07, 6.45) is 5.45. The van der Waals surface area contributed by atoms with Crippen LogP contribution in [-0.4, -0.2) is 39.0 Å². The Bertz CT molecular complexity index is 397. The second-order valence-corrected chi connectivity index (χ2v) is 3.04. The number of carboxylic acids is 1. The van der Waals surface area contributed by atoms with Crippen molar-refractivity contribution in [1.82, 2.24) is 10.2 Å². The molecule has 16 heavy (non-hydrogen) atoms. The average molecular weight is 221 g/mol. The summed E-state index contributed by atoms with van der Waals surface area (Å²) in [7, 11) is 0. The topological polar surface area (TPSA) is 95.3 Å². The second-order valence-electron chi connectivity index (χ2n) is 3.04. The van der Waals surface area contributed by atoms with Gasteiger partial charge in [-0.15, -0.1) is 22.5 Å². The van der Waals surface area contributed by atoms with Gasteiger partial charge in [0.25, 0.3) is 0 Å². The lowest BCUT2D eigenvalue weighted by Gasteiger charge is -2.13. The molecule has 3 N–H and O–H groups in total. The summed E-state index contributed by atoms with van der Waals surface area (Å²) in [6.45, 7) is -0.132. The molecule has 1 unspecified atom stereocenters. The predicted octanol–water partition coefficient (Wildman–Crippen LogP) is -0.0291. The average Bonchev–Trinajstić information content (AvgIpc) is 2.29. The molecule has 1 heterocycles. The van der Waals surface area contributed by atoms with Crippen LogP contribution in [0.5, 0.6) is 0 Å². The third-order valence-electron chi connectivity index (χ3n) is 1.82. The number of terminal acetylenes is 1. The highest BCUT2D eigenvalue weighted by Gasteiger charge is 2.08. The van der Waals surface area contributed by atoms with Crippen molar-refractivity contribution in [1.29, 1.82) is 0 Å². The van der Waals surface area contributed by atoms with E-state index in [0.717, 1.165) is 0 Å². The molecule has 6 heteroatoms. The van der Waals surface area contributed by atoms with Crippen molar-refractivity contribution in [3.05, 3.63) is 17.8 Å². The van der Waals surface area contributed by atoms with E-state index in [1.807, 2.05) is 0 Å². The number of aliphatic hydroxyl groups is 1. The van der Waals surface area contributed by atoms with Gasteiger partial charge in [-0.05, 0) is 12.1 Å². The lowest BCUT2D eigenvalue weighted by molar-refractivity contribution is 0.0689. The number of nitrogens with zero attached hydrogens (tertiary/aromatic N) is 2. The van der Waals surface area contributed by atoms with Gasteiger partial charge in [0.15, 0.2) is 5.69 Å². The molecule has 0 aliphatic carbocycles. The fourth-order valence-corrected chi connectivity index (χ4v) is 1.04. The normalized spacial score (nSPS) is 11.5. The number of nitrogens with one attached hydrogen (secondary N) is 1. The molecule has 6 nitrogen and oxygen atoms in total. The van der Waals surface area contributed by atoms with Crippen molar-refractivity contribution in [3.63, 3.8) is 0 Å². The molecule has 0 spiro atoms. The van der Waals surface area contributed by atoms with Gasteiger partial charge >= 0.3 is 5.97 Å². The number of aliphatic hydroxyl groups excluding tert-OH is 1. The molecule has 0 aliphatic rings. The van der Waals surface area contributed by atoms with Crippen LogP contribution in [-0.2, 0) is 0 Å². The van der Waals surface area contributed by atoms with E-state index in [2.05, 4.69) is 21.4 Å². The summed E-state index contributed by atoms with van der Waals surface area (Å²) in [6, 6.07) is 2.48. The zero-order valence-electron chi connectivity index (χ0n) is 8.42. The molecule has 84 valence electrons. The van der Waals surface area contributed by atoms with Crippen LogP contribution in [0.15, 0.2) is 12.1 Å². The molecular formula is C10H11N3O3. The summed E-state index contributed by atoms with van der Waals surface area (Å²) in [5.41, 5.74) is -0.136. The number of rotatable bonds is 5. The van der Waals surface area contributed by atoms with Crippen LogP contribution >= 0.6 is 0 Å². The summed E-state index contributed by atoms with van der Waals surface area (Å²) >= 11 is 0. The molecule has 0 amide bonds. The highest BCUT2D eigenvalue weighted by atomic mass is 16.4. The Morgan fingerprint density at radius 2 is 2.31 bits per heavy atom. The number of carbonyl (C=O) groups is 1. The van der Waals surface area contributed by atoms with E-state index >= 15 is 0 Å². The Morgan fingerprint density at radius 1 is 1.56 bits per heavy atom. The molecule has 1 aromatic rings. The van der Waals surface area contributed by atoms with Gasteiger partial charge in [-0.3, -0.25) is 0 Å². The van der Waals surface area contributed by atoms with Crippen molar-refractivity contribution in [2.24, 2.45) is 0 Å². The molecule has 1 aromatic heterocycles. The van der Waals surface area contributed by atoms with E-state index < -0.39 is 5.97 Å². The van der Waals surface area contributed by atoms with Gasteiger partial charge in [-0.25, -0.2) is 4.79 Å². The first-order chi connectivity index (χ1) is 7.67. The Labute approximate surface area is 92.3 Å². The van der Waals surface area contributed by atoms with E-state index in [-0.39, 0.29) is 18.3 Å². The second kappa shape index (κ2) is 5.68. The van der Waals surface area contributed by atoms with Gasteiger partial charge in [-0.1, -0.05) is 0 Å². The number of carboxylic acid groups (broad SMARTS) is 1. The number of hydrogen-bond acceptors (Lipinski definition) is 5. The maximum absolute atomic E-state index is 10.5. The van der Waals surface area contributed by atoms with Gasteiger partial charge < -0.3 is 15.5 Å². The number of hydrogen-bond donors (Lipinski definition) is 3. The first-order valence-electron chi connectivity index (χ1n) is 4.55. The summed E-state index contributed by atoms with van der Waals surface area (Å²) in [5.74, 6) is 1.64. The standard InChI is InChI=1S/C10H11N3O3/c1-2-3-7(6-14)11-9-5-4-8(10(15)16)12-13-9/h1,4-5,7,14H,3,6H2,(H,11,13)(H,15,16). The van der Waals surface area contributed by atoms with Crippen LogP contribution in [0.4, 0.5) is 5.82 Å². The lowest BCUT2D eigenvalue weighted by atomic mass is 10.2. The van der Waals surface area contributed by atoms with E-state index in [1.54, 1.807) is 0 Å². The van der Waals surface area contributed by atoms with Crippen LogP contribution in [0.3, 0.4) is 0 Å². The Morgan fingerprint density at radius 3 is 2.75 bits per heavy atom. The van der Waals surface area contributed by atoms with Gasteiger partial charge in [0.2, 0.25) is 0 Å². The van der Waals surface area contributed by atoms with E-state index in [9.17, 15) is 4.79 Å². The Balaban J connectivity index is 2.68. The Kier molecular flexibility index (Phi) is 4.24. The zero-order chi connectivity index (χ0) is 12.0. The van der Waals surface area contributed by atoms with Crippen LogP contribution < -0.4 is 5.32 Å². The van der Waals surface area contributed by atoms with Gasteiger partial charge in [0.05, 0.1) is 12.6 Å². The maximum atomic E-state index is 10.5. The van der Waals surface area contributed by atoms with Crippen molar-refractivity contribution in [3.8, 4) is 12.3 Å². The summed E-state index contributed by atoms with van der Waals surface area (Å²) < 4.78 is 0. The monoisotopic (exact) mass is 221 g/mol. The molecule has 0 saturated carbocycles. The van der Waals surface area contributed by atoms with Crippen LogP contribution in [0.2, 0.25) is 0 Å². The van der Waals surface area contributed by atoms with Crippen molar-refractivity contribution in [2.75, 3.05) is 11.9 Å². The fourth-order valence-electron chi connectivity index (χ4n) is 1.04. The van der Waals surface area contributed by atoms with Crippen molar-refractivity contribution >= 4 is 11.8 Å². The first-order valence-corrected chi connectivity index (χ1v) is 4.55. The number of anilines is 1. The predicted molar refractivity (Wildman–Crippen MR) is 56.9 cm³/mol. The lowest BCUT2D eigenvalue weighted by Crippen LogP contribution is -2.24. The SMILES string of the molecule is C#CCC(CO)Nc1ccc(C(=O)O)nn1. The zero-order valence-corrected chi connectivity index (χ0v) is 8.42. The molecule has 0 saturated heterocycles. The van der Waals surface area contributed by atoms with Crippen LogP contribution in [0, 0.1) is 12.3 Å². The first kappa shape index (κ1) is 11.9. The summed E-state index contributed by atoms with van der Waals surface area (Å²) in [5, 5.41) is 27.5. The molecule has 0 aromatic carbocycles. The minimum Gasteiger partial charge on any atom is -0.476 e. The highest BCUT2D eigenvalue weighted by Crippen LogP contribution is 2.05. The van der Waals surface area contributed by atoms with E-state index in [0.29, 0.717) is 12.2 Å². The smallest absolute Gasteiger partial charge is 0.356 e. The minimum atomic E-state index is -1.14. The van der Waals surface area contributed by atoms with Crippen molar-refractivity contribution < 1.29 is 15.0 Å². The van der Waals surface area contributed by atoms with E-state index in [1.165, 1.54) is 12.1 Å². The maximum Gasteiger partial charge on any atom is 0.356 e. The molecule has 0 aliphatic heterocycles. The van der Waals surface area contributed by atoms with Crippen molar-refractivity contribution in [2.45, 2.75) is 12.5 Å². The molecule has 0 fully saturated rings. The fraction of sp³-hybridized carbons (Fsp3) is 0.300. The minimum absolute atomic E-state index is 0.132. The Hall–Kier alpha value is -2.13. The third kappa shape index (κ3) is 3.22.